The number of nitrogens with one attached hydrogen (secondary N) is 2. The van der Waals surface area contributed by atoms with Gasteiger partial charge in [0.05, 0.1) is 9.79 Å². The fourth-order valence-corrected chi connectivity index (χ4v) is 5.87. The zero-order valence-electron chi connectivity index (χ0n) is 16.9. The molecule has 0 radical (unpaired) electrons. The Hall–Kier alpha value is -2.27. The van der Waals surface area contributed by atoms with Crippen LogP contribution >= 0.6 is 0 Å². The maximum Gasteiger partial charge on any atom is 0.255 e. The number of sulfonamides is 2. The first-order chi connectivity index (χ1) is 14.1. The molecule has 1 fully saturated rings. The number of hydrogen-bond donors (Lipinski definition) is 2. The predicted octanol–water partition coefficient (Wildman–Crippen LogP) is 2.33. The molecule has 0 spiro atoms. The van der Waals surface area contributed by atoms with Crippen LogP contribution in [0.15, 0.2) is 52.3 Å². The van der Waals surface area contributed by atoms with E-state index in [1.807, 2.05) is 0 Å². The fourth-order valence-electron chi connectivity index (χ4n) is 3.33. The van der Waals surface area contributed by atoms with Crippen LogP contribution in [0.5, 0.6) is 0 Å². The lowest BCUT2D eigenvalue weighted by molar-refractivity contribution is 0.102. The summed E-state index contributed by atoms with van der Waals surface area (Å²) in [5.41, 5.74) is 1.04. The van der Waals surface area contributed by atoms with Gasteiger partial charge in [-0.3, -0.25) is 4.79 Å². The second-order valence-electron chi connectivity index (χ2n) is 7.13. The van der Waals surface area contributed by atoms with Gasteiger partial charge in [0.15, 0.2) is 0 Å². The quantitative estimate of drug-likeness (QED) is 0.700. The number of carbonyl (C=O) groups is 1. The Balaban J connectivity index is 1.88. The third-order valence-electron chi connectivity index (χ3n) is 5.05. The Labute approximate surface area is 177 Å². The molecule has 10 heteroatoms. The van der Waals surface area contributed by atoms with Crippen molar-refractivity contribution in [2.24, 2.45) is 0 Å². The number of rotatable bonds is 6. The highest BCUT2D eigenvalue weighted by Gasteiger charge is 2.28. The summed E-state index contributed by atoms with van der Waals surface area (Å²) in [6.07, 6.45) is 2.66. The summed E-state index contributed by atoms with van der Waals surface area (Å²) >= 11 is 0. The molecule has 8 nitrogen and oxygen atoms in total. The Morgan fingerprint density at radius 1 is 0.967 bits per heavy atom. The van der Waals surface area contributed by atoms with Gasteiger partial charge in [-0.15, -0.1) is 0 Å². The molecule has 2 N–H and O–H groups in total. The van der Waals surface area contributed by atoms with Crippen molar-refractivity contribution in [2.75, 3.05) is 25.5 Å². The minimum atomic E-state index is -3.69. The maximum atomic E-state index is 13.0. The Morgan fingerprint density at radius 2 is 1.67 bits per heavy atom. The number of amides is 1. The van der Waals surface area contributed by atoms with Crippen LogP contribution in [0.25, 0.3) is 0 Å². The molecule has 0 bridgehead atoms. The van der Waals surface area contributed by atoms with E-state index >= 15 is 0 Å². The first kappa shape index (κ1) is 22.4. The molecule has 1 aliphatic rings. The van der Waals surface area contributed by atoms with E-state index in [4.69, 9.17) is 0 Å². The zero-order valence-corrected chi connectivity index (χ0v) is 18.5. The minimum absolute atomic E-state index is 0.0140. The number of piperidine rings is 1. The molecule has 1 saturated heterocycles. The normalized spacial score (nSPS) is 15.7. The molecule has 1 aliphatic heterocycles. The number of nitrogens with zero attached hydrogens (tertiary/aromatic N) is 1. The van der Waals surface area contributed by atoms with Crippen LogP contribution in [0.4, 0.5) is 5.69 Å². The van der Waals surface area contributed by atoms with Gasteiger partial charge in [-0.25, -0.2) is 21.6 Å². The highest BCUT2D eigenvalue weighted by Crippen LogP contribution is 2.25. The number of carbonyl (C=O) groups excluding carboxylic acids is 1. The Kier molecular flexibility index (Phi) is 6.61. The number of hydrogen-bond acceptors (Lipinski definition) is 5. The first-order valence-electron chi connectivity index (χ1n) is 9.61. The van der Waals surface area contributed by atoms with E-state index in [0.29, 0.717) is 18.7 Å². The molecule has 162 valence electrons. The summed E-state index contributed by atoms with van der Waals surface area (Å²) in [4.78, 5) is 12.9. The minimum Gasteiger partial charge on any atom is -0.322 e. The van der Waals surface area contributed by atoms with Gasteiger partial charge in [0.25, 0.3) is 5.91 Å². The number of anilines is 1. The highest BCUT2D eigenvalue weighted by atomic mass is 32.2. The van der Waals surface area contributed by atoms with Crippen LogP contribution in [-0.2, 0) is 20.0 Å². The molecule has 1 heterocycles. The second kappa shape index (κ2) is 8.84. The summed E-state index contributed by atoms with van der Waals surface area (Å²) in [6, 6.07) is 10.4. The summed E-state index contributed by atoms with van der Waals surface area (Å²) in [5.74, 6) is -0.524. The van der Waals surface area contributed by atoms with Crippen molar-refractivity contribution in [1.29, 1.82) is 0 Å². The SMILES string of the molecule is CNS(=O)(=O)c1cccc(NC(=O)c2ccc(C)c(S(=O)(=O)N3CCCCC3)c2)c1. The summed E-state index contributed by atoms with van der Waals surface area (Å²) in [7, 11) is -6.03. The standard InChI is InChI=1S/C20H25N3O5S2/c1-15-9-10-16(13-19(15)30(27,28)23-11-4-3-5-12-23)20(24)22-17-7-6-8-18(14-17)29(25,26)21-2/h6-10,13-14,21H,3-5,11-12H2,1-2H3,(H,22,24). The van der Waals surface area contributed by atoms with Gasteiger partial charge in [0.2, 0.25) is 20.0 Å². The zero-order chi connectivity index (χ0) is 21.9. The molecule has 2 aromatic rings. The van der Waals surface area contributed by atoms with Gasteiger partial charge < -0.3 is 5.32 Å². The van der Waals surface area contributed by atoms with Crippen molar-refractivity contribution < 1.29 is 21.6 Å². The Bertz CT molecular complexity index is 1150. The van der Waals surface area contributed by atoms with Crippen molar-refractivity contribution in [3.05, 3.63) is 53.6 Å². The smallest absolute Gasteiger partial charge is 0.255 e. The third-order valence-corrected chi connectivity index (χ3v) is 8.51. The predicted molar refractivity (Wildman–Crippen MR) is 114 cm³/mol. The van der Waals surface area contributed by atoms with Crippen LogP contribution in [0.1, 0.15) is 35.2 Å². The topological polar surface area (TPSA) is 113 Å². The molecule has 3 rings (SSSR count). The lowest BCUT2D eigenvalue weighted by Gasteiger charge is -2.26. The average molecular weight is 452 g/mol. The van der Waals surface area contributed by atoms with Crippen molar-refractivity contribution in [2.45, 2.75) is 36.0 Å². The number of benzene rings is 2. The monoisotopic (exact) mass is 451 g/mol. The highest BCUT2D eigenvalue weighted by molar-refractivity contribution is 7.89. The molecule has 1 amide bonds. The van der Waals surface area contributed by atoms with E-state index in [-0.39, 0.29) is 21.0 Å². The summed E-state index contributed by atoms with van der Waals surface area (Å²) < 4.78 is 53.7. The molecular weight excluding hydrogens is 426 g/mol. The van der Waals surface area contributed by atoms with Crippen molar-refractivity contribution in [3.8, 4) is 0 Å². The maximum absolute atomic E-state index is 13.0. The molecule has 30 heavy (non-hydrogen) atoms. The van der Waals surface area contributed by atoms with E-state index in [1.165, 1.54) is 35.6 Å². The van der Waals surface area contributed by atoms with Gasteiger partial charge in [-0.1, -0.05) is 18.6 Å². The van der Waals surface area contributed by atoms with Gasteiger partial charge in [0.1, 0.15) is 0 Å². The molecule has 0 aromatic heterocycles. The van der Waals surface area contributed by atoms with Gasteiger partial charge in [-0.2, -0.15) is 4.31 Å². The van der Waals surface area contributed by atoms with Crippen LogP contribution < -0.4 is 10.0 Å². The van der Waals surface area contributed by atoms with Crippen LogP contribution in [0.3, 0.4) is 0 Å². The molecule has 2 aromatic carbocycles. The fraction of sp³-hybridized carbons (Fsp3) is 0.350. The van der Waals surface area contributed by atoms with Gasteiger partial charge in [-0.05, 0) is 62.7 Å². The van der Waals surface area contributed by atoms with Crippen LogP contribution in [-0.4, -0.2) is 47.2 Å². The molecule has 0 aliphatic carbocycles. The molecule has 0 saturated carbocycles. The van der Waals surface area contributed by atoms with E-state index < -0.39 is 26.0 Å². The van der Waals surface area contributed by atoms with Gasteiger partial charge in [0, 0.05) is 24.3 Å². The largest absolute Gasteiger partial charge is 0.322 e. The lowest BCUT2D eigenvalue weighted by Crippen LogP contribution is -2.36. The van der Waals surface area contributed by atoms with Crippen molar-refractivity contribution in [3.63, 3.8) is 0 Å². The molecule has 0 atom stereocenters. The van der Waals surface area contributed by atoms with E-state index in [0.717, 1.165) is 19.3 Å². The van der Waals surface area contributed by atoms with E-state index in [2.05, 4.69) is 10.0 Å². The van der Waals surface area contributed by atoms with Crippen molar-refractivity contribution in [1.82, 2.24) is 9.03 Å². The molecular formula is C20H25N3O5S2. The van der Waals surface area contributed by atoms with E-state index in [9.17, 15) is 21.6 Å². The molecule has 0 unspecified atom stereocenters. The third kappa shape index (κ3) is 4.72. The summed E-state index contributed by atoms with van der Waals surface area (Å²) in [6.45, 7) is 2.65. The lowest BCUT2D eigenvalue weighted by atomic mass is 10.1. The average Bonchev–Trinajstić information content (AvgIpc) is 2.74. The number of aryl methyl sites for hydroxylation is 1. The van der Waals surface area contributed by atoms with Crippen LogP contribution in [0.2, 0.25) is 0 Å². The van der Waals surface area contributed by atoms with Crippen molar-refractivity contribution >= 4 is 31.6 Å². The van der Waals surface area contributed by atoms with E-state index in [1.54, 1.807) is 25.1 Å². The Morgan fingerprint density at radius 3 is 2.33 bits per heavy atom. The second-order valence-corrected chi connectivity index (χ2v) is 10.9. The van der Waals surface area contributed by atoms with Crippen LogP contribution in [0, 0.1) is 6.92 Å². The first-order valence-corrected chi connectivity index (χ1v) is 12.5. The van der Waals surface area contributed by atoms with Gasteiger partial charge >= 0.3 is 0 Å². The summed E-state index contributed by atoms with van der Waals surface area (Å²) in [5, 5.41) is 2.63.